The molecule has 0 atom stereocenters. The molecule has 3 heterocycles. The first-order chi connectivity index (χ1) is 16.2. The summed E-state index contributed by atoms with van der Waals surface area (Å²) in [5, 5.41) is 4.20. The summed E-state index contributed by atoms with van der Waals surface area (Å²) in [6.45, 7) is 7.07. The summed E-state index contributed by atoms with van der Waals surface area (Å²) < 4.78 is 24.5. The third-order valence-corrected chi connectivity index (χ3v) is 5.45. The van der Waals surface area contributed by atoms with E-state index < -0.39 is 5.60 Å². The Balaban J connectivity index is 1.50. The number of nitrogens with zero attached hydrogens (tertiary/aromatic N) is 4. The Morgan fingerprint density at radius 2 is 1.59 bits per heavy atom. The average Bonchev–Trinajstić information content (AvgIpc) is 3.22. The predicted octanol–water partition coefficient (Wildman–Crippen LogP) is 4.16. The fourth-order valence-corrected chi connectivity index (χ4v) is 3.78. The maximum atomic E-state index is 13.4. The molecule has 34 heavy (non-hydrogen) atoms. The van der Waals surface area contributed by atoms with Crippen LogP contribution in [-0.2, 0) is 16.0 Å². The van der Waals surface area contributed by atoms with Gasteiger partial charge in [0.05, 0.1) is 12.0 Å². The zero-order chi connectivity index (χ0) is 24.3. The van der Waals surface area contributed by atoms with E-state index in [0.29, 0.717) is 48.8 Å². The average molecular weight is 467 g/mol. The lowest BCUT2D eigenvalue weighted by Crippen LogP contribution is -2.52. The molecule has 178 valence electrons. The van der Waals surface area contributed by atoms with Gasteiger partial charge in [0.25, 0.3) is 0 Å². The molecule has 0 bridgehead atoms. The van der Waals surface area contributed by atoms with Crippen molar-refractivity contribution >= 4 is 12.0 Å². The van der Waals surface area contributed by atoms with Gasteiger partial charge in [-0.15, -0.1) is 0 Å². The van der Waals surface area contributed by atoms with E-state index in [-0.39, 0.29) is 24.2 Å². The zero-order valence-corrected chi connectivity index (χ0v) is 19.5. The summed E-state index contributed by atoms with van der Waals surface area (Å²) in [7, 11) is 0. The van der Waals surface area contributed by atoms with E-state index in [0.717, 1.165) is 5.56 Å². The van der Waals surface area contributed by atoms with Crippen LogP contribution < -0.4 is 0 Å². The molecule has 0 spiro atoms. The van der Waals surface area contributed by atoms with E-state index in [1.54, 1.807) is 34.3 Å². The molecule has 0 aliphatic carbocycles. The fraction of sp³-hybridized carbons (Fsp3) is 0.360. The van der Waals surface area contributed by atoms with Crippen LogP contribution in [-0.4, -0.2) is 63.7 Å². The molecule has 0 saturated carbocycles. The largest absolute Gasteiger partial charge is 0.444 e. The molecular formula is C25H27FN4O4. The molecule has 1 aliphatic heterocycles. The van der Waals surface area contributed by atoms with Gasteiger partial charge in [-0.3, -0.25) is 9.78 Å². The van der Waals surface area contributed by atoms with Gasteiger partial charge < -0.3 is 19.1 Å². The van der Waals surface area contributed by atoms with Crippen molar-refractivity contribution in [1.82, 2.24) is 19.9 Å². The molecule has 1 saturated heterocycles. The minimum Gasteiger partial charge on any atom is -0.444 e. The summed E-state index contributed by atoms with van der Waals surface area (Å²) in [4.78, 5) is 32.8. The molecule has 1 aliphatic rings. The van der Waals surface area contributed by atoms with Crippen molar-refractivity contribution in [1.29, 1.82) is 0 Å². The highest BCUT2D eigenvalue weighted by molar-refractivity contribution is 5.86. The van der Waals surface area contributed by atoms with Crippen LogP contribution in [0.4, 0.5) is 9.18 Å². The van der Waals surface area contributed by atoms with Gasteiger partial charge >= 0.3 is 6.09 Å². The van der Waals surface area contributed by atoms with Gasteiger partial charge in [-0.2, -0.15) is 0 Å². The number of pyridine rings is 1. The van der Waals surface area contributed by atoms with Crippen molar-refractivity contribution in [3.05, 3.63) is 60.4 Å². The molecule has 1 fully saturated rings. The van der Waals surface area contributed by atoms with Crippen molar-refractivity contribution in [2.24, 2.45) is 0 Å². The normalized spacial score (nSPS) is 14.2. The Labute approximate surface area is 197 Å². The number of benzene rings is 1. The second kappa shape index (κ2) is 9.62. The van der Waals surface area contributed by atoms with Crippen LogP contribution in [0.2, 0.25) is 0 Å². The second-order valence-corrected chi connectivity index (χ2v) is 9.10. The number of carbonyl (C=O) groups excluding carboxylic acids is 2. The molecule has 8 nitrogen and oxygen atoms in total. The van der Waals surface area contributed by atoms with Crippen molar-refractivity contribution in [2.75, 3.05) is 26.2 Å². The summed E-state index contributed by atoms with van der Waals surface area (Å²) in [6.07, 6.45) is 2.94. The standard InChI is InChI=1S/C25H27FN4O4/c1-25(2,3)33-24(32)30-14-12-29(13-15-30)21(31)16-20-22(17-8-10-27-11-9-17)23(28-34-20)18-4-6-19(26)7-5-18/h4-11H,12-16H2,1-3H3. The third-order valence-electron chi connectivity index (χ3n) is 5.45. The van der Waals surface area contributed by atoms with Crippen LogP contribution in [0, 0.1) is 5.82 Å². The first-order valence-corrected chi connectivity index (χ1v) is 11.1. The minimum atomic E-state index is -0.568. The highest BCUT2D eigenvalue weighted by Gasteiger charge is 2.29. The van der Waals surface area contributed by atoms with Crippen LogP contribution in [0.25, 0.3) is 22.4 Å². The molecular weight excluding hydrogens is 439 g/mol. The van der Waals surface area contributed by atoms with Gasteiger partial charge in [-0.05, 0) is 62.7 Å². The van der Waals surface area contributed by atoms with Crippen LogP contribution in [0.15, 0.2) is 53.3 Å². The van der Waals surface area contributed by atoms with E-state index in [9.17, 15) is 14.0 Å². The Morgan fingerprint density at radius 3 is 2.21 bits per heavy atom. The zero-order valence-electron chi connectivity index (χ0n) is 19.5. The Hall–Kier alpha value is -3.75. The molecule has 2 aromatic heterocycles. The lowest BCUT2D eigenvalue weighted by atomic mass is 9.98. The van der Waals surface area contributed by atoms with Gasteiger partial charge in [-0.1, -0.05) is 5.16 Å². The van der Waals surface area contributed by atoms with Crippen molar-refractivity contribution in [3.63, 3.8) is 0 Å². The van der Waals surface area contributed by atoms with Crippen molar-refractivity contribution < 1.29 is 23.2 Å². The summed E-state index contributed by atoms with van der Waals surface area (Å²) >= 11 is 0. The number of ether oxygens (including phenoxy) is 1. The first-order valence-electron chi connectivity index (χ1n) is 11.1. The van der Waals surface area contributed by atoms with E-state index in [1.165, 1.54) is 12.1 Å². The second-order valence-electron chi connectivity index (χ2n) is 9.10. The molecule has 4 rings (SSSR count). The van der Waals surface area contributed by atoms with Gasteiger partial charge in [0.15, 0.2) is 5.76 Å². The topological polar surface area (TPSA) is 88.8 Å². The molecule has 0 unspecified atom stereocenters. The fourth-order valence-electron chi connectivity index (χ4n) is 3.78. The van der Waals surface area contributed by atoms with Crippen molar-refractivity contribution in [2.45, 2.75) is 32.8 Å². The highest BCUT2D eigenvalue weighted by Crippen LogP contribution is 2.35. The lowest BCUT2D eigenvalue weighted by molar-refractivity contribution is -0.132. The van der Waals surface area contributed by atoms with E-state index >= 15 is 0 Å². The monoisotopic (exact) mass is 466 g/mol. The minimum absolute atomic E-state index is 0.0122. The summed E-state index contributed by atoms with van der Waals surface area (Å²) in [5.74, 6) is -0.0512. The number of halogens is 1. The van der Waals surface area contributed by atoms with E-state index in [2.05, 4.69) is 10.1 Å². The van der Waals surface area contributed by atoms with Crippen LogP contribution in [0.5, 0.6) is 0 Å². The van der Waals surface area contributed by atoms with E-state index in [1.807, 2.05) is 32.9 Å². The Morgan fingerprint density at radius 1 is 0.971 bits per heavy atom. The quantitative estimate of drug-likeness (QED) is 0.574. The molecule has 0 N–H and O–H groups in total. The molecule has 9 heteroatoms. The van der Waals surface area contributed by atoms with Gasteiger partial charge in [-0.25, -0.2) is 9.18 Å². The first kappa shape index (κ1) is 23.4. The molecule has 2 amide bonds. The van der Waals surface area contributed by atoms with Gasteiger partial charge in [0.2, 0.25) is 5.91 Å². The predicted molar refractivity (Wildman–Crippen MR) is 123 cm³/mol. The highest BCUT2D eigenvalue weighted by atomic mass is 19.1. The van der Waals surface area contributed by atoms with Gasteiger partial charge in [0.1, 0.15) is 17.1 Å². The number of rotatable bonds is 4. The number of amides is 2. The van der Waals surface area contributed by atoms with Crippen LogP contribution >= 0.6 is 0 Å². The lowest BCUT2D eigenvalue weighted by Gasteiger charge is -2.35. The van der Waals surface area contributed by atoms with Crippen molar-refractivity contribution in [3.8, 4) is 22.4 Å². The SMILES string of the molecule is CC(C)(C)OC(=O)N1CCN(C(=O)Cc2onc(-c3ccc(F)cc3)c2-c2ccncc2)CC1. The molecule has 1 aromatic carbocycles. The Bertz CT molecular complexity index is 1150. The number of carbonyl (C=O) groups is 2. The number of aromatic nitrogens is 2. The maximum absolute atomic E-state index is 13.4. The van der Waals surface area contributed by atoms with Gasteiger partial charge in [0, 0.05) is 44.1 Å². The number of piperazine rings is 1. The Kier molecular flexibility index (Phi) is 6.63. The number of hydrogen-bond acceptors (Lipinski definition) is 6. The summed E-state index contributed by atoms with van der Waals surface area (Å²) in [6, 6.07) is 9.59. The van der Waals surface area contributed by atoms with Crippen LogP contribution in [0.1, 0.15) is 26.5 Å². The third kappa shape index (κ3) is 5.41. The maximum Gasteiger partial charge on any atom is 0.410 e. The smallest absolute Gasteiger partial charge is 0.410 e. The molecule has 3 aromatic rings. The number of hydrogen-bond donors (Lipinski definition) is 0. The van der Waals surface area contributed by atoms with E-state index in [4.69, 9.17) is 9.26 Å². The van der Waals surface area contributed by atoms with Crippen LogP contribution in [0.3, 0.4) is 0 Å². The summed E-state index contributed by atoms with van der Waals surface area (Å²) in [5.41, 5.74) is 2.12. The molecule has 0 radical (unpaired) electrons.